The minimum absolute atomic E-state index is 0.275. The number of aromatic nitrogens is 3. The van der Waals surface area contributed by atoms with Gasteiger partial charge in [-0.15, -0.1) is 0 Å². The van der Waals surface area contributed by atoms with E-state index in [-0.39, 0.29) is 5.91 Å². The lowest BCUT2D eigenvalue weighted by Crippen LogP contribution is -2.40. The summed E-state index contributed by atoms with van der Waals surface area (Å²) in [5.41, 5.74) is 3.51. The molecule has 0 spiro atoms. The molecule has 1 fully saturated rings. The van der Waals surface area contributed by atoms with Crippen molar-refractivity contribution >= 4 is 46.5 Å². The number of anilines is 1. The Morgan fingerprint density at radius 1 is 1.09 bits per heavy atom. The van der Waals surface area contributed by atoms with E-state index in [0.29, 0.717) is 52.9 Å². The van der Waals surface area contributed by atoms with Gasteiger partial charge in [-0.1, -0.05) is 41.4 Å². The maximum absolute atomic E-state index is 12.9. The predicted molar refractivity (Wildman–Crippen MR) is 134 cm³/mol. The summed E-state index contributed by atoms with van der Waals surface area (Å²) >= 11 is 12.3. The summed E-state index contributed by atoms with van der Waals surface area (Å²) < 4.78 is 1.70. The molecule has 0 aliphatic carbocycles. The van der Waals surface area contributed by atoms with Gasteiger partial charge in [0.2, 0.25) is 0 Å². The molecule has 1 saturated heterocycles. The molecule has 1 aliphatic rings. The van der Waals surface area contributed by atoms with Crippen molar-refractivity contribution in [3.8, 4) is 11.3 Å². The van der Waals surface area contributed by atoms with Gasteiger partial charge in [0.1, 0.15) is 11.9 Å². The lowest BCUT2D eigenvalue weighted by Gasteiger charge is -2.21. The summed E-state index contributed by atoms with van der Waals surface area (Å²) in [6, 6.07) is 15.3. The van der Waals surface area contributed by atoms with Gasteiger partial charge in [-0.05, 0) is 42.7 Å². The SMILES string of the molecule is O=C(O)[C@H]1CCCN1C(=O)c1ccc(-c2cc(NCc3ccc(Cl)cc3Cl)n3nccc3n2)cc1. The molecule has 4 aromatic rings. The third kappa shape index (κ3) is 4.67. The number of fused-ring (bicyclic) bond motifs is 1. The average Bonchev–Trinajstić information content (AvgIpc) is 3.53. The molecule has 1 aliphatic heterocycles. The van der Waals surface area contributed by atoms with Gasteiger partial charge in [0.15, 0.2) is 5.65 Å². The van der Waals surface area contributed by atoms with Crippen LogP contribution < -0.4 is 5.32 Å². The number of carbonyl (C=O) groups is 2. The van der Waals surface area contributed by atoms with E-state index in [9.17, 15) is 14.7 Å². The van der Waals surface area contributed by atoms with Crippen LogP contribution in [0.25, 0.3) is 16.9 Å². The molecule has 0 saturated carbocycles. The molecule has 2 aromatic heterocycles. The Morgan fingerprint density at radius 3 is 2.63 bits per heavy atom. The lowest BCUT2D eigenvalue weighted by molar-refractivity contribution is -0.141. The highest BCUT2D eigenvalue weighted by Gasteiger charge is 2.34. The summed E-state index contributed by atoms with van der Waals surface area (Å²) in [6.07, 6.45) is 2.84. The maximum atomic E-state index is 12.9. The van der Waals surface area contributed by atoms with Gasteiger partial charge in [-0.2, -0.15) is 9.61 Å². The van der Waals surface area contributed by atoms with Crippen LogP contribution in [-0.2, 0) is 11.3 Å². The van der Waals surface area contributed by atoms with E-state index in [1.807, 2.05) is 24.3 Å². The zero-order valence-electron chi connectivity index (χ0n) is 18.5. The van der Waals surface area contributed by atoms with Crippen molar-refractivity contribution in [1.82, 2.24) is 19.5 Å². The first-order chi connectivity index (χ1) is 16.9. The van der Waals surface area contributed by atoms with E-state index in [1.165, 1.54) is 4.90 Å². The zero-order chi connectivity index (χ0) is 24.5. The van der Waals surface area contributed by atoms with E-state index in [4.69, 9.17) is 23.2 Å². The van der Waals surface area contributed by atoms with Crippen molar-refractivity contribution in [1.29, 1.82) is 0 Å². The van der Waals surface area contributed by atoms with Gasteiger partial charge in [0.25, 0.3) is 5.91 Å². The Balaban J connectivity index is 1.40. The lowest BCUT2D eigenvalue weighted by atomic mass is 10.1. The molecule has 5 rings (SSSR count). The Hall–Kier alpha value is -3.62. The van der Waals surface area contributed by atoms with Crippen molar-refractivity contribution in [3.63, 3.8) is 0 Å². The van der Waals surface area contributed by atoms with Crippen molar-refractivity contribution in [2.24, 2.45) is 0 Å². The highest BCUT2D eigenvalue weighted by molar-refractivity contribution is 6.35. The molecule has 1 atom stereocenters. The van der Waals surface area contributed by atoms with Crippen LogP contribution in [0.1, 0.15) is 28.8 Å². The molecule has 2 aromatic carbocycles. The third-order valence-corrected chi connectivity index (χ3v) is 6.65. The molecule has 2 N–H and O–H groups in total. The smallest absolute Gasteiger partial charge is 0.326 e. The predicted octanol–water partition coefficient (Wildman–Crippen LogP) is 5.00. The molecule has 3 heterocycles. The van der Waals surface area contributed by atoms with Crippen molar-refractivity contribution in [2.45, 2.75) is 25.4 Å². The molecule has 35 heavy (non-hydrogen) atoms. The normalized spacial score (nSPS) is 15.5. The summed E-state index contributed by atoms with van der Waals surface area (Å²) in [4.78, 5) is 30.4. The molecular weight excluding hydrogens is 489 g/mol. The van der Waals surface area contributed by atoms with Crippen molar-refractivity contribution in [3.05, 3.63) is 82.0 Å². The van der Waals surface area contributed by atoms with Crippen molar-refractivity contribution in [2.75, 3.05) is 11.9 Å². The zero-order valence-corrected chi connectivity index (χ0v) is 20.0. The number of amides is 1. The van der Waals surface area contributed by atoms with Gasteiger partial charge in [0.05, 0.1) is 11.9 Å². The fourth-order valence-electron chi connectivity index (χ4n) is 4.25. The van der Waals surface area contributed by atoms with Crippen LogP contribution in [0.4, 0.5) is 5.82 Å². The van der Waals surface area contributed by atoms with Gasteiger partial charge < -0.3 is 15.3 Å². The quantitative estimate of drug-likeness (QED) is 0.379. The summed E-state index contributed by atoms with van der Waals surface area (Å²) in [6.45, 7) is 0.909. The summed E-state index contributed by atoms with van der Waals surface area (Å²) in [5.74, 6) is -0.518. The Morgan fingerprint density at radius 2 is 1.89 bits per heavy atom. The molecule has 8 nitrogen and oxygen atoms in total. The standard InChI is InChI=1S/C25H21Cl2N5O3/c26-18-8-7-17(19(27)12-18)14-28-23-13-20(30-22-9-10-29-32(22)23)15-3-5-16(6-4-15)24(33)31-11-1-2-21(31)25(34)35/h3-10,12-13,21,28H,1-2,11,14H2,(H,34,35)/t21-/m1/s1. The third-order valence-electron chi connectivity index (χ3n) is 6.06. The number of halogens is 2. The number of nitrogens with one attached hydrogen (secondary N) is 1. The van der Waals surface area contributed by atoms with Gasteiger partial charge in [-0.3, -0.25) is 4.79 Å². The molecule has 0 bridgehead atoms. The highest BCUT2D eigenvalue weighted by Crippen LogP contribution is 2.26. The average molecular weight is 510 g/mol. The fraction of sp³-hybridized carbons (Fsp3) is 0.200. The second kappa shape index (κ2) is 9.56. The second-order valence-electron chi connectivity index (χ2n) is 8.29. The molecule has 1 amide bonds. The summed E-state index contributed by atoms with van der Waals surface area (Å²) in [7, 11) is 0. The summed E-state index contributed by atoms with van der Waals surface area (Å²) in [5, 5.41) is 18.2. The van der Waals surface area contributed by atoms with Crippen LogP contribution in [0.3, 0.4) is 0 Å². The molecular formula is C25H21Cl2N5O3. The number of carbonyl (C=O) groups excluding carboxylic acids is 1. The molecule has 0 unspecified atom stereocenters. The second-order valence-corrected chi connectivity index (χ2v) is 9.13. The first kappa shape index (κ1) is 23.1. The largest absolute Gasteiger partial charge is 0.480 e. The van der Waals surface area contributed by atoms with Crippen LogP contribution >= 0.6 is 23.2 Å². The van der Waals surface area contributed by atoms with Crippen LogP contribution in [-0.4, -0.2) is 49.1 Å². The number of likely N-dealkylation sites (tertiary alicyclic amines) is 1. The number of hydrogen-bond acceptors (Lipinski definition) is 5. The Labute approximate surface area is 211 Å². The van der Waals surface area contributed by atoms with E-state index in [1.54, 1.807) is 41.0 Å². The number of carboxylic acids is 1. The van der Waals surface area contributed by atoms with Crippen LogP contribution in [0.5, 0.6) is 0 Å². The molecule has 178 valence electrons. The number of carboxylic acid groups (broad SMARTS) is 1. The minimum atomic E-state index is -0.967. The number of nitrogens with zero attached hydrogens (tertiary/aromatic N) is 4. The number of rotatable bonds is 6. The van der Waals surface area contributed by atoms with Crippen LogP contribution in [0, 0.1) is 0 Å². The first-order valence-electron chi connectivity index (χ1n) is 11.1. The topological polar surface area (TPSA) is 99.8 Å². The van der Waals surface area contributed by atoms with E-state index in [2.05, 4.69) is 15.4 Å². The molecule has 10 heteroatoms. The van der Waals surface area contributed by atoms with Gasteiger partial charge in [0, 0.05) is 46.4 Å². The maximum Gasteiger partial charge on any atom is 0.326 e. The van der Waals surface area contributed by atoms with E-state index in [0.717, 1.165) is 16.9 Å². The highest BCUT2D eigenvalue weighted by atomic mass is 35.5. The van der Waals surface area contributed by atoms with Gasteiger partial charge >= 0.3 is 5.97 Å². The Bertz CT molecular complexity index is 1420. The fourth-order valence-corrected chi connectivity index (χ4v) is 4.73. The monoisotopic (exact) mass is 509 g/mol. The first-order valence-corrected chi connectivity index (χ1v) is 11.8. The Kier molecular flexibility index (Phi) is 6.32. The van der Waals surface area contributed by atoms with E-state index >= 15 is 0 Å². The van der Waals surface area contributed by atoms with E-state index < -0.39 is 12.0 Å². The van der Waals surface area contributed by atoms with Crippen LogP contribution in [0.15, 0.2) is 60.8 Å². The van der Waals surface area contributed by atoms with Crippen molar-refractivity contribution < 1.29 is 14.7 Å². The minimum Gasteiger partial charge on any atom is -0.480 e. The molecule has 0 radical (unpaired) electrons. The van der Waals surface area contributed by atoms with Gasteiger partial charge in [-0.25, -0.2) is 9.78 Å². The number of benzene rings is 2. The number of hydrogen-bond donors (Lipinski definition) is 2. The van der Waals surface area contributed by atoms with Crippen LogP contribution in [0.2, 0.25) is 10.0 Å². The number of aliphatic carboxylic acids is 1.